The van der Waals surface area contributed by atoms with Crippen molar-refractivity contribution in [2.24, 2.45) is 0 Å². The van der Waals surface area contributed by atoms with Crippen LogP contribution in [0.2, 0.25) is 5.02 Å². The number of nitrogens with one attached hydrogen (secondary N) is 2. The van der Waals surface area contributed by atoms with Crippen molar-refractivity contribution in [3.05, 3.63) is 118 Å². The summed E-state index contributed by atoms with van der Waals surface area (Å²) in [5.74, 6) is -2.07. The van der Waals surface area contributed by atoms with E-state index in [1.807, 2.05) is 19.1 Å². The number of anilines is 2. The Balaban J connectivity index is 1.44. The maximum atomic E-state index is 14.4. The van der Waals surface area contributed by atoms with E-state index in [-0.39, 0.29) is 45.9 Å². The van der Waals surface area contributed by atoms with Gasteiger partial charge in [0.05, 0.1) is 24.4 Å². The number of hydrogen-bond acceptors (Lipinski definition) is 8. The van der Waals surface area contributed by atoms with E-state index in [2.05, 4.69) is 64.3 Å². The molecule has 12 nitrogen and oxygen atoms in total. The van der Waals surface area contributed by atoms with Gasteiger partial charge in [-0.05, 0) is 96.7 Å². The highest BCUT2D eigenvalue weighted by Gasteiger charge is 2.53. The van der Waals surface area contributed by atoms with Gasteiger partial charge in [0.2, 0.25) is 6.23 Å². The van der Waals surface area contributed by atoms with Crippen molar-refractivity contribution in [2.45, 2.75) is 110 Å². The molecule has 0 bridgehead atoms. The second-order valence-electron chi connectivity index (χ2n) is 16.3. The normalized spacial score (nSPS) is 15.3. The van der Waals surface area contributed by atoms with Gasteiger partial charge in [-0.1, -0.05) is 103 Å². The lowest BCUT2D eigenvalue weighted by Crippen LogP contribution is -2.52. The van der Waals surface area contributed by atoms with Gasteiger partial charge in [-0.15, -0.1) is 0 Å². The molecule has 324 valence electrons. The lowest BCUT2D eigenvalue weighted by Gasteiger charge is -2.31. The van der Waals surface area contributed by atoms with Gasteiger partial charge in [0.15, 0.2) is 17.9 Å². The summed E-state index contributed by atoms with van der Waals surface area (Å²) in [5, 5.41) is 5.61. The van der Waals surface area contributed by atoms with Gasteiger partial charge in [-0.3, -0.25) is 24.1 Å². The van der Waals surface area contributed by atoms with E-state index < -0.39 is 47.9 Å². The van der Waals surface area contributed by atoms with Crippen molar-refractivity contribution in [1.82, 2.24) is 9.80 Å². The summed E-state index contributed by atoms with van der Waals surface area (Å²) in [6.07, 6.45) is -0.0982. The summed E-state index contributed by atoms with van der Waals surface area (Å²) in [5.41, 5.74) is 2.98. The number of hydrogen-bond donors (Lipinski definition) is 2. The van der Waals surface area contributed by atoms with E-state index in [4.69, 9.17) is 25.8 Å². The van der Waals surface area contributed by atoms with E-state index in [9.17, 15) is 24.0 Å². The smallest absolute Gasteiger partial charge is 0.330 e. The quantitative estimate of drug-likeness (QED) is 0.0540. The number of ketones is 1. The zero-order chi connectivity index (χ0) is 44.6. The maximum Gasteiger partial charge on any atom is 0.330 e. The number of nitrogens with zero attached hydrogens (tertiary/aromatic N) is 2. The summed E-state index contributed by atoms with van der Waals surface area (Å²) in [7, 11) is 1.47. The highest BCUT2D eigenvalue weighted by Crippen LogP contribution is 2.39. The molecular weight excluding hydrogens is 796 g/mol. The van der Waals surface area contributed by atoms with E-state index >= 15 is 0 Å². The first-order chi connectivity index (χ1) is 29.0. The van der Waals surface area contributed by atoms with Crippen LogP contribution in [-0.2, 0) is 36.5 Å². The fourth-order valence-electron chi connectivity index (χ4n) is 6.91. The van der Waals surface area contributed by atoms with Crippen molar-refractivity contribution in [1.29, 1.82) is 0 Å². The van der Waals surface area contributed by atoms with E-state index in [0.717, 1.165) is 18.4 Å². The van der Waals surface area contributed by atoms with E-state index in [1.54, 1.807) is 37.3 Å². The van der Waals surface area contributed by atoms with Crippen molar-refractivity contribution in [3.63, 3.8) is 0 Å². The van der Waals surface area contributed by atoms with Crippen molar-refractivity contribution in [3.8, 4) is 11.5 Å². The Morgan fingerprint density at radius 1 is 0.803 bits per heavy atom. The summed E-state index contributed by atoms with van der Waals surface area (Å²) in [6.45, 7) is 16.6. The second-order valence-corrected chi connectivity index (χ2v) is 16.7. The third-order valence-electron chi connectivity index (χ3n) is 11.5. The molecule has 1 heterocycles. The molecule has 4 aromatic rings. The monoisotopic (exact) mass is 852 g/mol. The van der Waals surface area contributed by atoms with Gasteiger partial charge < -0.3 is 24.8 Å². The lowest BCUT2D eigenvalue weighted by molar-refractivity contribution is -0.144. The summed E-state index contributed by atoms with van der Waals surface area (Å²) in [6, 6.07) is 22.7. The Labute approximate surface area is 363 Å². The molecule has 1 fully saturated rings. The molecule has 4 aromatic carbocycles. The van der Waals surface area contributed by atoms with Crippen LogP contribution >= 0.6 is 11.6 Å². The van der Waals surface area contributed by atoms with E-state index in [0.29, 0.717) is 28.4 Å². The first-order valence-corrected chi connectivity index (χ1v) is 21.1. The molecule has 61 heavy (non-hydrogen) atoms. The summed E-state index contributed by atoms with van der Waals surface area (Å²) in [4.78, 5) is 72.7. The predicted octanol–water partition coefficient (Wildman–Crippen LogP) is 9.54. The van der Waals surface area contributed by atoms with Crippen molar-refractivity contribution < 1.29 is 38.2 Å². The van der Waals surface area contributed by atoms with Gasteiger partial charge in [-0.25, -0.2) is 9.69 Å². The first-order valence-electron chi connectivity index (χ1n) is 20.7. The number of benzene rings is 4. The second kappa shape index (κ2) is 19.8. The number of rotatable bonds is 19. The molecule has 0 aromatic heterocycles. The van der Waals surface area contributed by atoms with Crippen LogP contribution in [0.3, 0.4) is 0 Å². The molecule has 0 radical (unpaired) electrons. The fourth-order valence-corrected chi connectivity index (χ4v) is 7.08. The molecule has 13 heteroatoms. The van der Waals surface area contributed by atoms with Crippen LogP contribution in [-0.4, -0.2) is 71.4 Å². The maximum absolute atomic E-state index is 14.4. The van der Waals surface area contributed by atoms with Gasteiger partial charge >= 0.3 is 6.03 Å². The molecule has 2 N–H and O–H groups in total. The summed E-state index contributed by atoms with van der Waals surface area (Å²) < 4.78 is 17.4. The molecule has 1 saturated heterocycles. The minimum Gasteiger partial charge on any atom is -0.497 e. The molecule has 3 atom stereocenters. The molecule has 1 aliphatic rings. The van der Waals surface area contributed by atoms with Gasteiger partial charge in [-0.2, -0.15) is 0 Å². The number of amides is 5. The number of carbonyl (C=O) groups is 5. The standard InChI is InChI=1S/C48H57ClN4O8/c1-10-38(61-39-26-21-32(47(5,6)11-2)27-35(39)48(7,8)12-3)42(55)50-33-22-25-36(49)37(28-33)51-43(56)40(41(54)31-19-23-34(59-9)24-20-31)53-44(57)45(60-13-4)52(46(53)58)29-30-17-15-14-16-18-30/h14-28,38,40,45H,10-13,29H2,1-9H3,(H,50,55)(H,51,56). The molecule has 1 aliphatic heterocycles. The van der Waals surface area contributed by atoms with Crippen LogP contribution in [0.4, 0.5) is 16.2 Å². The number of halogens is 1. The van der Waals surface area contributed by atoms with Gasteiger partial charge in [0, 0.05) is 23.4 Å². The molecule has 3 unspecified atom stereocenters. The number of carbonyl (C=O) groups excluding carboxylic acids is 5. The first kappa shape index (κ1) is 46.3. The Bertz CT molecular complexity index is 2230. The zero-order valence-electron chi connectivity index (χ0n) is 36.5. The minimum absolute atomic E-state index is 0.0201. The molecular formula is C48H57ClN4O8. The Kier molecular flexibility index (Phi) is 15.0. The molecule has 0 spiro atoms. The molecule has 0 saturated carbocycles. The fraction of sp³-hybridized carbons (Fsp3) is 0.396. The van der Waals surface area contributed by atoms with Crippen LogP contribution in [0.25, 0.3) is 0 Å². The van der Waals surface area contributed by atoms with Crippen LogP contribution in [0, 0.1) is 0 Å². The van der Waals surface area contributed by atoms with E-state index in [1.165, 1.54) is 54.0 Å². The SMILES string of the molecule is CCOC1C(=O)N(C(C(=O)Nc2cc(NC(=O)C(CC)Oc3ccc(C(C)(C)CC)cc3C(C)(C)CC)ccc2Cl)C(=O)c2ccc(OC)cc2)C(=O)N1Cc1ccccc1. The van der Waals surface area contributed by atoms with Gasteiger partial charge in [0.1, 0.15) is 11.5 Å². The summed E-state index contributed by atoms with van der Waals surface area (Å²) >= 11 is 6.61. The average molecular weight is 853 g/mol. The number of urea groups is 1. The van der Waals surface area contributed by atoms with Gasteiger partial charge in [0.25, 0.3) is 17.7 Å². The Hall–Kier alpha value is -5.72. The third kappa shape index (κ3) is 10.4. The largest absolute Gasteiger partial charge is 0.497 e. The van der Waals surface area contributed by atoms with Crippen LogP contribution in [0.5, 0.6) is 11.5 Å². The minimum atomic E-state index is -1.97. The third-order valence-corrected chi connectivity index (χ3v) is 11.8. The average Bonchev–Trinajstić information content (AvgIpc) is 3.47. The predicted molar refractivity (Wildman–Crippen MR) is 237 cm³/mol. The number of imide groups is 1. The van der Waals surface area contributed by atoms with Crippen LogP contribution < -0.4 is 20.1 Å². The number of Topliss-reactive ketones (excluding diaryl/α,β-unsaturated/α-hetero) is 1. The zero-order valence-corrected chi connectivity index (χ0v) is 37.2. The Morgan fingerprint density at radius 2 is 1.48 bits per heavy atom. The van der Waals surface area contributed by atoms with Crippen molar-refractivity contribution in [2.75, 3.05) is 24.4 Å². The number of ether oxygens (including phenoxy) is 3. The lowest BCUT2D eigenvalue weighted by atomic mass is 9.76. The van der Waals surface area contributed by atoms with Crippen molar-refractivity contribution >= 4 is 52.5 Å². The Morgan fingerprint density at radius 3 is 2.08 bits per heavy atom. The van der Waals surface area contributed by atoms with Crippen LogP contribution in [0.1, 0.15) is 102 Å². The highest BCUT2D eigenvalue weighted by molar-refractivity contribution is 6.34. The molecule has 5 amide bonds. The topological polar surface area (TPSA) is 144 Å². The number of methoxy groups -OCH3 is 1. The molecule has 5 rings (SSSR count). The van der Waals surface area contributed by atoms with Crippen LogP contribution in [0.15, 0.2) is 91.0 Å². The molecule has 0 aliphatic carbocycles. The highest BCUT2D eigenvalue weighted by atomic mass is 35.5.